The number of nitrogens with zero attached hydrogens (tertiary/aromatic N) is 2. The van der Waals surface area contributed by atoms with E-state index in [1.54, 1.807) is 0 Å². The summed E-state index contributed by atoms with van der Waals surface area (Å²) < 4.78 is 2.23. The van der Waals surface area contributed by atoms with Gasteiger partial charge in [-0.1, -0.05) is 41.9 Å². The molecule has 5 heteroatoms. The molecule has 3 aromatic rings. The zero-order valence-electron chi connectivity index (χ0n) is 14.3. The molecule has 0 saturated heterocycles. The maximum atomic E-state index is 13.1. The highest BCUT2D eigenvalue weighted by molar-refractivity contribution is 6.30. The number of para-hydroxylation sites is 1. The van der Waals surface area contributed by atoms with E-state index >= 15 is 0 Å². The van der Waals surface area contributed by atoms with Gasteiger partial charge in [-0.15, -0.1) is 0 Å². The minimum Gasteiger partial charge on any atom is -0.349 e. The van der Waals surface area contributed by atoms with Crippen molar-refractivity contribution in [3.8, 4) is 0 Å². The van der Waals surface area contributed by atoms with E-state index < -0.39 is 0 Å². The molecule has 0 saturated carbocycles. The van der Waals surface area contributed by atoms with Crippen LogP contribution in [-0.2, 0) is 6.54 Å². The summed E-state index contributed by atoms with van der Waals surface area (Å²) in [6.45, 7) is 1.59. The van der Waals surface area contributed by atoms with Gasteiger partial charge in [0.2, 0.25) is 0 Å². The first kappa shape index (κ1) is 16.7. The number of nitrogens with one attached hydrogen (secondary N) is 1. The lowest BCUT2D eigenvalue weighted by Gasteiger charge is -2.31. The van der Waals surface area contributed by atoms with E-state index in [9.17, 15) is 4.79 Å². The Bertz CT molecular complexity index is 889. The van der Waals surface area contributed by atoms with E-state index in [1.807, 2.05) is 65.6 Å². The van der Waals surface area contributed by atoms with Gasteiger partial charge in [0.1, 0.15) is 0 Å². The van der Waals surface area contributed by atoms with Crippen LogP contribution in [0.15, 0.2) is 72.9 Å². The van der Waals surface area contributed by atoms with Gasteiger partial charge in [-0.05, 0) is 48.4 Å². The highest BCUT2D eigenvalue weighted by Gasteiger charge is 2.30. The number of benzene rings is 2. The minimum atomic E-state index is -0.145. The fourth-order valence-electron chi connectivity index (χ4n) is 3.51. The molecule has 4 nitrogen and oxygen atoms in total. The Balaban J connectivity index is 1.71. The molecule has 2 aromatic carbocycles. The summed E-state index contributed by atoms with van der Waals surface area (Å²) in [5.41, 5.74) is 2.97. The van der Waals surface area contributed by atoms with Gasteiger partial charge in [-0.2, -0.15) is 0 Å². The van der Waals surface area contributed by atoms with E-state index in [2.05, 4.69) is 22.1 Å². The summed E-state index contributed by atoms with van der Waals surface area (Å²) in [6, 6.07) is 21.2. The molecule has 0 aliphatic carbocycles. The third kappa shape index (κ3) is 3.33. The predicted octanol–water partition coefficient (Wildman–Crippen LogP) is 5.17. The highest BCUT2D eigenvalue weighted by Crippen LogP contribution is 2.33. The third-order valence-electron chi connectivity index (χ3n) is 4.73. The number of urea groups is 1. The van der Waals surface area contributed by atoms with Crippen LogP contribution in [0.3, 0.4) is 0 Å². The van der Waals surface area contributed by atoms with Crippen molar-refractivity contribution < 1.29 is 4.79 Å². The number of fused-ring (bicyclic) bond motifs is 1. The number of carbonyl (C=O) groups excluding carboxylic acids is 1. The summed E-state index contributed by atoms with van der Waals surface area (Å²) in [7, 11) is 0. The Labute approximate surface area is 158 Å². The Morgan fingerprint density at radius 1 is 0.962 bits per heavy atom. The topological polar surface area (TPSA) is 37.3 Å². The number of aromatic nitrogens is 1. The summed E-state index contributed by atoms with van der Waals surface area (Å²) >= 11 is 6.07. The molecular formula is C21H20ClN3O. The number of hydrogen-bond acceptors (Lipinski definition) is 1. The molecule has 0 bridgehead atoms. The fraction of sp³-hybridized carbons (Fsp3) is 0.190. The Hall–Kier alpha value is -2.72. The van der Waals surface area contributed by atoms with E-state index in [1.165, 1.54) is 0 Å². The second kappa shape index (κ2) is 7.26. The molecule has 1 unspecified atom stereocenters. The fourth-order valence-corrected chi connectivity index (χ4v) is 3.64. The molecule has 4 rings (SSSR count). The predicted molar refractivity (Wildman–Crippen MR) is 105 cm³/mol. The van der Waals surface area contributed by atoms with Crippen molar-refractivity contribution in [2.45, 2.75) is 19.0 Å². The standard InChI is InChI=1S/C21H20ClN3O/c22-17-11-9-16(10-12-17)20-19-8-4-13-24(19)14-5-15-25(20)21(26)23-18-6-2-1-3-7-18/h1-4,6-13,20H,5,14-15H2,(H,23,26). The molecule has 26 heavy (non-hydrogen) atoms. The van der Waals surface area contributed by atoms with E-state index in [-0.39, 0.29) is 12.1 Å². The Morgan fingerprint density at radius 2 is 1.73 bits per heavy atom. The van der Waals surface area contributed by atoms with E-state index in [0.29, 0.717) is 11.6 Å². The lowest BCUT2D eigenvalue weighted by molar-refractivity contribution is 0.199. The SMILES string of the molecule is O=C(Nc1ccccc1)N1CCCn2cccc2C1c1ccc(Cl)cc1. The molecule has 0 radical (unpaired) electrons. The lowest BCUT2D eigenvalue weighted by Crippen LogP contribution is -2.38. The lowest BCUT2D eigenvalue weighted by atomic mass is 10.0. The zero-order chi connectivity index (χ0) is 17.9. The molecule has 0 fully saturated rings. The van der Waals surface area contributed by atoms with Crippen molar-refractivity contribution in [3.63, 3.8) is 0 Å². The van der Waals surface area contributed by atoms with Gasteiger partial charge in [0.05, 0.1) is 6.04 Å². The first-order chi connectivity index (χ1) is 12.7. The normalized spacial score (nSPS) is 16.7. The quantitative estimate of drug-likeness (QED) is 0.668. The number of carbonyl (C=O) groups is 1. The molecule has 0 spiro atoms. The summed E-state index contributed by atoms with van der Waals surface area (Å²) in [4.78, 5) is 15.0. The summed E-state index contributed by atoms with van der Waals surface area (Å²) in [5.74, 6) is 0. The maximum absolute atomic E-state index is 13.1. The van der Waals surface area contributed by atoms with Gasteiger partial charge in [-0.3, -0.25) is 0 Å². The minimum absolute atomic E-state index is 0.0919. The first-order valence-corrected chi connectivity index (χ1v) is 9.13. The van der Waals surface area contributed by atoms with Gasteiger partial charge in [-0.25, -0.2) is 4.79 Å². The molecule has 1 aromatic heterocycles. The molecule has 1 atom stereocenters. The van der Waals surface area contributed by atoms with Gasteiger partial charge < -0.3 is 14.8 Å². The molecular weight excluding hydrogens is 346 g/mol. The second-order valence-electron chi connectivity index (χ2n) is 6.42. The van der Waals surface area contributed by atoms with Crippen LogP contribution in [0.4, 0.5) is 10.5 Å². The van der Waals surface area contributed by atoms with Crippen molar-refractivity contribution in [1.82, 2.24) is 9.47 Å². The molecule has 1 aliphatic heterocycles. The van der Waals surface area contributed by atoms with E-state index in [0.717, 1.165) is 29.9 Å². The number of amides is 2. The second-order valence-corrected chi connectivity index (χ2v) is 6.86. The average molecular weight is 366 g/mol. The maximum Gasteiger partial charge on any atom is 0.322 e. The van der Waals surface area contributed by atoms with Crippen LogP contribution in [0.25, 0.3) is 0 Å². The van der Waals surface area contributed by atoms with Gasteiger partial charge >= 0.3 is 6.03 Å². The van der Waals surface area contributed by atoms with E-state index in [4.69, 9.17) is 11.6 Å². The summed E-state index contributed by atoms with van der Waals surface area (Å²) in [6.07, 6.45) is 2.99. The van der Waals surface area contributed by atoms with Gasteiger partial charge in [0, 0.05) is 35.7 Å². The number of hydrogen-bond donors (Lipinski definition) is 1. The first-order valence-electron chi connectivity index (χ1n) is 8.75. The van der Waals surface area contributed by atoms with Crippen LogP contribution in [0.5, 0.6) is 0 Å². The van der Waals surface area contributed by atoms with Crippen molar-refractivity contribution >= 4 is 23.3 Å². The number of aryl methyl sites for hydroxylation is 1. The number of anilines is 1. The van der Waals surface area contributed by atoms with Crippen LogP contribution >= 0.6 is 11.6 Å². The van der Waals surface area contributed by atoms with Crippen LogP contribution in [-0.4, -0.2) is 22.0 Å². The third-order valence-corrected chi connectivity index (χ3v) is 4.98. The molecule has 2 amide bonds. The van der Waals surface area contributed by atoms with Gasteiger partial charge in [0.15, 0.2) is 0 Å². The molecule has 132 valence electrons. The molecule has 2 heterocycles. The van der Waals surface area contributed by atoms with Crippen LogP contribution in [0.1, 0.15) is 23.7 Å². The average Bonchev–Trinajstić information content (AvgIpc) is 3.03. The Morgan fingerprint density at radius 3 is 2.50 bits per heavy atom. The van der Waals surface area contributed by atoms with Crippen LogP contribution in [0, 0.1) is 0 Å². The zero-order valence-corrected chi connectivity index (χ0v) is 15.1. The number of halogens is 1. The largest absolute Gasteiger partial charge is 0.349 e. The van der Waals surface area contributed by atoms with Crippen LogP contribution < -0.4 is 5.32 Å². The van der Waals surface area contributed by atoms with Crippen LogP contribution in [0.2, 0.25) is 5.02 Å². The molecule has 1 aliphatic rings. The van der Waals surface area contributed by atoms with Crippen molar-refractivity contribution in [2.24, 2.45) is 0 Å². The Kier molecular flexibility index (Phi) is 4.67. The van der Waals surface area contributed by atoms with Crippen molar-refractivity contribution in [1.29, 1.82) is 0 Å². The highest BCUT2D eigenvalue weighted by atomic mass is 35.5. The number of rotatable bonds is 2. The molecule has 1 N–H and O–H groups in total. The van der Waals surface area contributed by atoms with Crippen molar-refractivity contribution in [3.05, 3.63) is 89.2 Å². The monoisotopic (exact) mass is 365 g/mol. The smallest absolute Gasteiger partial charge is 0.322 e. The van der Waals surface area contributed by atoms with Gasteiger partial charge in [0.25, 0.3) is 0 Å². The van der Waals surface area contributed by atoms with Crippen molar-refractivity contribution in [2.75, 3.05) is 11.9 Å². The summed E-state index contributed by atoms with van der Waals surface area (Å²) in [5, 5.41) is 3.72.